The largest absolute Gasteiger partial charge is 0.364 e. The second-order valence-corrected chi connectivity index (χ2v) is 8.28. The topological polar surface area (TPSA) is 74.4 Å². The Morgan fingerprint density at radius 3 is 2.29 bits per heavy atom. The summed E-state index contributed by atoms with van der Waals surface area (Å²) in [6.45, 7) is 3.40. The van der Waals surface area contributed by atoms with Crippen LogP contribution >= 0.6 is 0 Å². The van der Waals surface area contributed by atoms with Crippen LogP contribution in [0, 0.1) is 0 Å². The zero-order valence-corrected chi connectivity index (χ0v) is 17.6. The van der Waals surface area contributed by atoms with Crippen molar-refractivity contribution in [2.24, 2.45) is 7.05 Å². The normalized spacial score (nSPS) is 14.7. The van der Waals surface area contributed by atoms with Gasteiger partial charge in [-0.3, -0.25) is 4.90 Å². The van der Waals surface area contributed by atoms with E-state index < -0.39 is 6.29 Å². The lowest BCUT2D eigenvalue weighted by atomic mass is 9.97. The molecule has 0 atom stereocenters. The quantitative estimate of drug-likeness (QED) is 0.485. The fourth-order valence-corrected chi connectivity index (χ4v) is 4.50. The van der Waals surface area contributed by atoms with Gasteiger partial charge in [-0.05, 0) is 71.9 Å². The van der Waals surface area contributed by atoms with Crippen molar-refractivity contribution in [1.29, 1.82) is 0 Å². The molecule has 3 aromatic carbocycles. The number of aromatic nitrogens is 3. The van der Waals surface area contributed by atoms with Gasteiger partial charge in [0.25, 0.3) is 0 Å². The van der Waals surface area contributed by atoms with Crippen molar-refractivity contribution in [3.8, 4) is 22.3 Å². The SMILES string of the molecule is Cn1nnc2cc(-c3ccc(-c4cccc(CN5CCCC5)c4)cc3)cc(C(O)O)c21. The number of fused-ring (bicyclic) bond motifs is 1. The fourth-order valence-electron chi connectivity index (χ4n) is 4.50. The van der Waals surface area contributed by atoms with Crippen LogP contribution in [-0.4, -0.2) is 43.2 Å². The monoisotopic (exact) mass is 414 g/mol. The third-order valence-electron chi connectivity index (χ3n) is 6.09. The van der Waals surface area contributed by atoms with Crippen LogP contribution in [0.5, 0.6) is 0 Å². The minimum atomic E-state index is -1.59. The van der Waals surface area contributed by atoms with E-state index in [0.29, 0.717) is 16.6 Å². The molecule has 31 heavy (non-hydrogen) atoms. The number of hydrogen-bond acceptors (Lipinski definition) is 5. The number of hydrogen-bond donors (Lipinski definition) is 2. The first-order valence-electron chi connectivity index (χ1n) is 10.7. The van der Waals surface area contributed by atoms with E-state index in [0.717, 1.165) is 23.2 Å². The Balaban J connectivity index is 1.44. The molecule has 1 aliphatic heterocycles. The molecule has 1 aliphatic rings. The van der Waals surface area contributed by atoms with Gasteiger partial charge in [0.1, 0.15) is 5.52 Å². The van der Waals surface area contributed by atoms with Gasteiger partial charge in [-0.25, -0.2) is 4.68 Å². The molecule has 0 spiro atoms. The van der Waals surface area contributed by atoms with Gasteiger partial charge in [-0.2, -0.15) is 0 Å². The van der Waals surface area contributed by atoms with E-state index in [1.807, 2.05) is 6.07 Å². The van der Waals surface area contributed by atoms with E-state index >= 15 is 0 Å². The van der Waals surface area contributed by atoms with Crippen LogP contribution in [0.15, 0.2) is 60.7 Å². The van der Waals surface area contributed by atoms with E-state index in [9.17, 15) is 10.2 Å². The van der Waals surface area contributed by atoms with Gasteiger partial charge in [-0.1, -0.05) is 47.7 Å². The van der Waals surface area contributed by atoms with Crippen molar-refractivity contribution in [2.75, 3.05) is 13.1 Å². The molecular weight excluding hydrogens is 388 g/mol. The summed E-state index contributed by atoms with van der Waals surface area (Å²) in [6, 6.07) is 20.8. The lowest BCUT2D eigenvalue weighted by Gasteiger charge is -2.15. The third kappa shape index (κ3) is 3.97. The Labute approximate surface area is 181 Å². The van der Waals surface area contributed by atoms with Crippen LogP contribution in [0.25, 0.3) is 33.3 Å². The van der Waals surface area contributed by atoms with Crippen LogP contribution in [0.1, 0.15) is 30.3 Å². The highest BCUT2D eigenvalue weighted by atomic mass is 16.5. The lowest BCUT2D eigenvalue weighted by molar-refractivity contribution is -0.0415. The van der Waals surface area contributed by atoms with Gasteiger partial charge in [0.2, 0.25) is 0 Å². The fraction of sp³-hybridized carbons (Fsp3) is 0.280. The van der Waals surface area contributed by atoms with Gasteiger partial charge in [-0.15, -0.1) is 5.10 Å². The molecular formula is C25H26N4O2. The number of rotatable bonds is 5. The van der Waals surface area contributed by atoms with Gasteiger partial charge >= 0.3 is 0 Å². The molecule has 6 nitrogen and oxygen atoms in total. The molecule has 1 aromatic heterocycles. The molecule has 5 rings (SSSR count). The number of aryl methyl sites for hydroxylation is 1. The first kappa shape index (κ1) is 19.9. The second kappa shape index (κ2) is 8.23. The second-order valence-electron chi connectivity index (χ2n) is 8.28. The summed E-state index contributed by atoms with van der Waals surface area (Å²) < 4.78 is 1.56. The van der Waals surface area contributed by atoms with Crippen molar-refractivity contribution in [1.82, 2.24) is 19.9 Å². The van der Waals surface area contributed by atoms with Crippen molar-refractivity contribution < 1.29 is 10.2 Å². The van der Waals surface area contributed by atoms with E-state index in [1.54, 1.807) is 17.8 Å². The molecule has 158 valence electrons. The average molecular weight is 415 g/mol. The number of aliphatic hydroxyl groups excluding tert-OH is 1. The average Bonchev–Trinajstić information content (AvgIpc) is 3.43. The number of aliphatic hydroxyl groups is 2. The molecule has 1 fully saturated rings. The van der Waals surface area contributed by atoms with Crippen LogP contribution in [0.3, 0.4) is 0 Å². The summed E-state index contributed by atoms with van der Waals surface area (Å²) >= 11 is 0. The van der Waals surface area contributed by atoms with Gasteiger partial charge in [0.15, 0.2) is 6.29 Å². The first-order chi connectivity index (χ1) is 15.1. The Morgan fingerprint density at radius 1 is 0.871 bits per heavy atom. The molecule has 2 heterocycles. The molecule has 0 bridgehead atoms. The highest BCUT2D eigenvalue weighted by Crippen LogP contribution is 2.31. The van der Waals surface area contributed by atoms with E-state index in [4.69, 9.17) is 0 Å². The van der Waals surface area contributed by atoms with Crippen molar-refractivity contribution in [3.05, 3.63) is 71.8 Å². The Bertz CT molecular complexity index is 1210. The van der Waals surface area contributed by atoms with Crippen LogP contribution in [0.2, 0.25) is 0 Å². The maximum atomic E-state index is 9.84. The van der Waals surface area contributed by atoms with Gasteiger partial charge < -0.3 is 10.2 Å². The number of benzene rings is 3. The summed E-state index contributed by atoms with van der Waals surface area (Å²) in [5.74, 6) is 0. The van der Waals surface area contributed by atoms with E-state index in [1.165, 1.54) is 37.1 Å². The van der Waals surface area contributed by atoms with Crippen LogP contribution in [-0.2, 0) is 13.6 Å². The Morgan fingerprint density at radius 2 is 1.58 bits per heavy atom. The molecule has 1 saturated heterocycles. The molecule has 0 amide bonds. The predicted octanol–water partition coefficient (Wildman–Crippen LogP) is 3.88. The maximum Gasteiger partial charge on any atom is 0.180 e. The molecule has 0 radical (unpaired) electrons. The van der Waals surface area contributed by atoms with Crippen molar-refractivity contribution >= 4 is 11.0 Å². The Kier molecular flexibility index (Phi) is 5.28. The zero-order valence-electron chi connectivity index (χ0n) is 17.6. The highest BCUT2D eigenvalue weighted by molar-refractivity contribution is 5.85. The first-order valence-corrected chi connectivity index (χ1v) is 10.7. The number of likely N-dealkylation sites (tertiary alicyclic amines) is 1. The standard InChI is InChI=1S/C25H26N4O2/c1-28-24-22(25(30)31)14-21(15-23(24)26-27-28)19-9-7-18(8-10-19)20-6-4-5-17(13-20)16-29-11-2-3-12-29/h4-10,13-15,25,30-31H,2-3,11-12,16H2,1H3. The minimum Gasteiger partial charge on any atom is -0.364 e. The lowest BCUT2D eigenvalue weighted by Crippen LogP contribution is -2.18. The molecule has 4 aromatic rings. The summed E-state index contributed by atoms with van der Waals surface area (Å²) in [5.41, 5.74) is 7.26. The van der Waals surface area contributed by atoms with Crippen LogP contribution in [0.4, 0.5) is 0 Å². The van der Waals surface area contributed by atoms with Gasteiger partial charge in [0, 0.05) is 19.2 Å². The highest BCUT2D eigenvalue weighted by Gasteiger charge is 2.16. The number of nitrogens with zero attached hydrogens (tertiary/aromatic N) is 4. The summed E-state index contributed by atoms with van der Waals surface area (Å²) in [7, 11) is 1.74. The minimum absolute atomic E-state index is 0.402. The van der Waals surface area contributed by atoms with E-state index in [2.05, 4.69) is 63.7 Å². The Hall–Kier alpha value is -3.06. The molecule has 0 saturated carbocycles. The molecule has 2 N–H and O–H groups in total. The maximum absolute atomic E-state index is 9.84. The summed E-state index contributed by atoms with van der Waals surface area (Å²) in [4.78, 5) is 2.51. The van der Waals surface area contributed by atoms with Crippen molar-refractivity contribution in [3.63, 3.8) is 0 Å². The molecule has 6 heteroatoms. The van der Waals surface area contributed by atoms with E-state index in [-0.39, 0.29) is 0 Å². The molecule has 0 aliphatic carbocycles. The third-order valence-corrected chi connectivity index (χ3v) is 6.09. The predicted molar refractivity (Wildman–Crippen MR) is 121 cm³/mol. The van der Waals surface area contributed by atoms with Crippen LogP contribution < -0.4 is 0 Å². The smallest absolute Gasteiger partial charge is 0.180 e. The van der Waals surface area contributed by atoms with Gasteiger partial charge in [0.05, 0.1) is 5.52 Å². The van der Waals surface area contributed by atoms with Crippen molar-refractivity contribution in [2.45, 2.75) is 25.7 Å². The summed E-state index contributed by atoms with van der Waals surface area (Å²) in [5, 5.41) is 27.8. The molecule has 0 unspecified atom stereocenters. The zero-order chi connectivity index (χ0) is 21.4. The summed E-state index contributed by atoms with van der Waals surface area (Å²) in [6.07, 6.45) is 1.02.